The van der Waals surface area contributed by atoms with Crippen molar-refractivity contribution in [3.05, 3.63) is 35.3 Å². The topological polar surface area (TPSA) is 88.6 Å². The van der Waals surface area contributed by atoms with Crippen molar-refractivity contribution in [3.63, 3.8) is 0 Å². The third-order valence-electron chi connectivity index (χ3n) is 4.37. The Kier molecular flexibility index (Phi) is 5.59. The quantitative estimate of drug-likeness (QED) is 0.840. The SMILES string of the molecule is COc1ccc(S(=O)(=O)N2CCC(C(=O)Nc3ncc(C)s3)CC2)cc1. The van der Waals surface area contributed by atoms with Crippen LogP contribution < -0.4 is 10.1 Å². The number of aromatic nitrogens is 1. The molecule has 2 aromatic rings. The van der Waals surface area contributed by atoms with Gasteiger partial charge in [0.1, 0.15) is 5.75 Å². The van der Waals surface area contributed by atoms with Gasteiger partial charge in [-0.15, -0.1) is 11.3 Å². The first-order valence-corrected chi connectivity index (χ1v) is 10.5. The zero-order valence-electron chi connectivity index (χ0n) is 14.6. The molecule has 1 saturated heterocycles. The van der Waals surface area contributed by atoms with Crippen molar-refractivity contribution < 1.29 is 17.9 Å². The Labute approximate surface area is 157 Å². The third-order valence-corrected chi connectivity index (χ3v) is 7.11. The number of sulfonamides is 1. The van der Waals surface area contributed by atoms with Gasteiger partial charge >= 0.3 is 0 Å². The van der Waals surface area contributed by atoms with Gasteiger partial charge in [0, 0.05) is 30.1 Å². The van der Waals surface area contributed by atoms with Crippen molar-refractivity contribution in [3.8, 4) is 5.75 Å². The van der Waals surface area contributed by atoms with Gasteiger partial charge in [0.15, 0.2) is 5.13 Å². The van der Waals surface area contributed by atoms with E-state index in [1.165, 1.54) is 34.9 Å². The largest absolute Gasteiger partial charge is 0.497 e. The van der Waals surface area contributed by atoms with Gasteiger partial charge in [-0.1, -0.05) is 0 Å². The van der Waals surface area contributed by atoms with Crippen LogP contribution in [-0.4, -0.2) is 43.8 Å². The van der Waals surface area contributed by atoms with Crippen molar-refractivity contribution in [2.45, 2.75) is 24.7 Å². The maximum Gasteiger partial charge on any atom is 0.243 e. The number of aryl methyl sites for hydroxylation is 1. The minimum absolute atomic E-state index is 0.0964. The molecule has 1 N–H and O–H groups in total. The van der Waals surface area contributed by atoms with Crippen LogP contribution in [0.2, 0.25) is 0 Å². The Balaban J connectivity index is 1.60. The smallest absolute Gasteiger partial charge is 0.243 e. The monoisotopic (exact) mass is 395 g/mol. The number of hydrogen-bond donors (Lipinski definition) is 1. The lowest BCUT2D eigenvalue weighted by Crippen LogP contribution is -2.41. The number of carbonyl (C=O) groups is 1. The summed E-state index contributed by atoms with van der Waals surface area (Å²) in [6, 6.07) is 6.34. The molecule has 3 rings (SSSR count). The molecule has 0 radical (unpaired) electrons. The second-order valence-corrected chi connectivity index (χ2v) is 9.29. The molecule has 0 atom stereocenters. The van der Waals surface area contributed by atoms with E-state index in [2.05, 4.69) is 10.3 Å². The summed E-state index contributed by atoms with van der Waals surface area (Å²) >= 11 is 1.43. The van der Waals surface area contributed by atoms with E-state index in [1.807, 2.05) is 6.92 Å². The molecule has 7 nitrogen and oxygen atoms in total. The number of nitrogens with zero attached hydrogens (tertiary/aromatic N) is 2. The molecule has 140 valence electrons. The van der Waals surface area contributed by atoms with Crippen LogP contribution in [0, 0.1) is 12.8 Å². The zero-order valence-corrected chi connectivity index (χ0v) is 16.3. The Hall–Kier alpha value is -1.97. The third kappa shape index (κ3) is 4.05. The predicted molar refractivity (Wildman–Crippen MR) is 100.0 cm³/mol. The summed E-state index contributed by atoms with van der Waals surface area (Å²) in [5, 5.41) is 3.40. The first-order valence-electron chi connectivity index (χ1n) is 8.27. The fraction of sp³-hybridized carbons (Fsp3) is 0.412. The number of nitrogens with one attached hydrogen (secondary N) is 1. The maximum atomic E-state index is 12.7. The first kappa shape index (κ1) is 18.8. The molecular weight excluding hydrogens is 374 g/mol. The Morgan fingerprint density at radius 2 is 1.92 bits per heavy atom. The van der Waals surface area contributed by atoms with E-state index in [0.717, 1.165) is 4.88 Å². The van der Waals surface area contributed by atoms with Crippen molar-refractivity contribution in [1.82, 2.24) is 9.29 Å². The summed E-state index contributed by atoms with van der Waals surface area (Å²) in [5.41, 5.74) is 0. The van der Waals surface area contributed by atoms with Gasteiger partial charge in [-0.3, -0.25) is 4.79 Å². The molecule has 1 amide bonds. The van der Waals surface area contributed by atoms with Gasteiger partial charge in [0.05, 0.1) is 12.0 Å². The van der Waals surface area contributed by atoms with E-state index in [-0.39, 0.29) is 16.7 Å². The highest BCUT2D eigenvalue weighted by Gasteiger charge is 2.32. The fourth-order valence-electron chi connectivity index (χ4n) is 2.88. The van der Waals surface area contributed by atoms with Crippen molar-refractivity contribution >= 4 is 32.4 Å². The van der Waals surface area contributed by atoms with Gasteiger partial charge in [0.2, 0.25) is 15.9 Å². The van der Waals surface area contributed by atoms with Crippen LogP contribution in [0.15, 0.2) is 35.4 Å². The molecule has 2 heterocycles. The second kappa shape index (κ2) is 7.73. The molecule has 9 heteroatoms. The lowest BCUT2D eigenvalue weighted by Gasteiger charge is -2.30. The lowest BCUT2D eigenvalue weighted by molar-refractivity contribution is -0.120. The van der Waals surface area contributed by atoms with E-state index in [0.29, 0.717) is 36.8 Å². The minimum atomic E-state index is -3.56. The number of methoxy groups -OCH3 is 1. The number of thiazole rings is 1. The summed E-state index contributed by atoms with van der Waals surface area (Å²) in [6.45, 7) is 2.57. The van der Waals surface area contributed by atoms with Crippen molar-refractivity contribution in [2.75, 3.05) is 25.5 Å². The van der Waals surface area contributed by atoms with Crippen LogP contribution in [0.4, 0.5) is 5.13 Å². The lowest BCUT2D eigenvalue weighted by atomic mass is 9.97. The summed E-state index contributed by atoms with van der Waals surface area (Å²) < 4.78 is 32.0. The number of amides is 1. The number of rotatable bonds is 5. The molecule has 0 unspecified atom stereocenters. The highest BCUT2D eigenvalue weighted by Crippen LogP contribution is 2.26. The van der Waals surface area contributed by atoms with Crippen LogP contribution in [0.25, 0.3) is 0 Å². The van der Waals surface area contributed by atoms with Crippen molar-refractivity contribution in [2.24, 2.45) is 5.92 Å². The molecule has 0 spiro atoms. The number of ether oxygens (including phenoxy) is 1. The van der Waals surface area contributed by atoms with Gasteiger partial charge in [-0.2, -0.15) is 4.31 Å². The van der Waals surface area contributed by atoms with Crippen LogP contribution >= 0.6 is 11.3 Å². The summed E-state index contributed by atoms with van der Waals surface area (Å²) in [7, 11) is -2.02. The highest BCUT2D eigenvalue weighted by atomic mass is 32.2. The molecular formula is C17H21N3O4S2. The van der Waals surface area contributed by atoms with E-state index in [1.54, 1.807) is 18.3 Å². The normalized spacial score (nSPS) is 16.4. The first-order chi connectivity index (χ1) is 12.4. The summed E-state index contributed by atoms with van der Waals surface area (Å²) in [4.78, 5) is 17.7. The van der Waals surface area contributed by atoms with Crippen LogP contribution in [0.5, 0.6) is 5.75 Å². The molecule has 1 fully saturated rings. The number of piperidine rings is 1. The van der Waals surface area contributed by atoms with Gasteiger partial charge < -0.3 is 10.1 Å². The minimum Gasteiger partial charge on any atom is -0.497 e. The van der Waals surface area contributed by atoms with E-state index in [4.69, 9.17) is 4.74 Å². The molecule has 0 aliphatic carbocycles. The standard InChI is InChI=1S/C17H21N3O4S2/c1-12-11-18-17(25-12)19-16(21)13-7-9-20(10-8-13)26(22,23)15-5-3-14(24-2)4-6-15/h3-6,11,13H,7-10H2,1-2H3,(H,18,19,21). The Morgan fingerprint density at radius 1 is 1.27 bits per heavy atom. The average molecular weight is 396 g/mol. The zero-order chi connectivity index (χ0) is 18.7. The Bertz CT molecular complexity index is 870. The highest BCUT2D eigenvalue weighted by molar-refractivity contribution is 7.89. The summed E-state index contributed by atoms with van der Waals surface area (Å²) in [5.74, 6) is 0.305. The van der Waals surface area contributed by atoms with Crippen molar-refractivity contribution in [1.29, 1.82) is 0 Å². The van der Waals surface area contributed by atoms with Gasteiger partial charge in [-0.25, -0.2) is 13.4 Å². The van der Waals surface area contributed by atoms with Crippen LogP contribution in [0.3, 0.4) is 0 Å². The molecule has 1 aliphatic heterocycles. The molecule has 0 bridgehead atoms. The second-order valence-electron chi connectivity index (χ2n) is 6.12. The fourth-order valence-corrected chi connectivity index (χ4v) is 5.01. The number of hydrogen-bond acceptors (Lipinski definition) is 6. The van der Waals surface area contributed by atoms with Crippen LogP contribution in [-0.2, 0) is 14.8 Å². The average Bonchev–Trinajstić information content (AvgIpc) is 3.06. The number of anilines is 1. The summed E-state index contributed by atoms with van der Waals surface area (Å²) in [6.07, 6.45) is 2.70. The molecule has 1 aliphatic rings. The molecule has 26 heavy (non-hydrogen) atoms. The predicted octanol–water partition coefficient (Wildman–Crippen LogP) is 2.50. The van der Waals surface area contributed by atoms with E-state index >= 15 is 0 Å². The van der Waals surface area contributed by atoms with Crippen LogP contribution in [0.1, 0.15) is 17.7 Å². The van der Waals surface area contributed by atoms with Gasteiger partial charge in [0.25, 0.3) is 0 Å². The molecule has 1 aromatic heterocycles. The molecule has 1 aromatic carbocycles. The van der Waals surface area contributed by atoms with E-state index < -0.39 is 10.0 Å². The van der Waals surface area contributed by atoms with E-state index in [9.17, 15) is 13.2 Å². The van der Waals surface area contributed by atoms with Gasteiger partial charge in [-0.05, 0) is 44.0 Å². The maximum absolute atomic E-state index is 12.7. The number of carbonyl (C=O) groups excluding carboxylic acids is 1. The number of benzene rings is 1. The Morgan fingerprint density at radius 3 is 2.46 bits per heavy atom. The molecule has 0 saturated carbocycles.